The lowest BCUT2D eigenvalue weighted by molar-refractivity contribution is 0.574. The van der Waals surface area contributed by atoms with Crippen molar-refractivity contribution in [2.75, 3.05) is 12.3 Å². The highest BCUT2D eigenvalue weighted by molar-refractivity contribution is 7.92. The van der Waals surface area contributed by atoms with E-state index in [-0.39, 0.29) is 11.0 Å². The predicted molar refractivity (Wildman–Crippen MR) is 80.0 cm³/mol. The van der Waals surface area contributed by atoms with E-state index in [2.05, 4.69) is 5.32 Å². The molecule has 2 rings (SSSR count). The van der Waals surface area contributed by atoms with Crippen LogP contribution in [0.2, 0.25) is 15.1 Å². The number of rotatable bonds is 4. The van der Waals surface area contributed by atoms with Gasteiger partial charge >= 0.3 is 0 Å². The maximum absolute atomic E-state index is 11.7. The van der Waals surface area contributed by atoms with Gasteiger partial charge in [-0.05, 0) is 25.0 Å². The second-order valence-corrected chi connectivity index (χ2v) is 8.18. The highest BCUT2D eigenvalue weighted by Crippen LogP contribution is 2.31. The normalized spacial score (nSPS) is 21.7. The highest BCUT2D eigenvalue weighted by Gasteiger charge is 2.30. The summed E-state index contributed by atoms with van der Waals surface area (Å²) in [6.07, 6.45) is 1.46. The Balaban J connectivity index is 1.99. The van der Waals surface area contributed by atoms with Crippen LogP contribution in [0.25, 0.3) is 0 Å². The van der Waals surface area contributed by atoms with Crippen LogP contribution in [0.1, 0.15) is 18.4 Å². The van der Waals surface area contributed by atoms with Crippen molar-refractivity contribution in [3.8, 4) is 0 Å². The van der Waals surface area contributed by atoms with Crippen molar-refractivity contribution < 1.29 is 8.42 Å². The fraction of sp³-hybridized carbons (Fsp3) is 0.500. The Labute approximate surface area is 128 Å². The zero-order chi connectivity index (χ0) is 14.0. The van der Waals surface area contributed by atoms with Crippen LogP contribution in [0.15, 0.2) is 12.1 Å². The molecule has 0 radical (unpaired) electrons. The first-order valence-corrected chi connectivity index (χ1v) is 8.81. The van der Waals surface area contributed by atoms with Crippen LogP contribution in [-0.4, -0.2) is 26.0 Å². The van der Waals surface area contributed by atoms with E-state index in [1.54, 1.807) is 12.1 Å². The highest BCUT2D eigenvalue weighted by atomic mass is 35.5. The van der Waals surface area contributed by atoms with Gasteiger partial charge < -0.3 is 5.32 Å². The summed E-state index contributed by atoms with van der Waals surface area (Å²) in [5.74, 6) is 0.290. The Hall–Kier alpha value is -0.000000000000000167. The zero-order valence-electron chi connectivity index (χ0n) is 10.1. The molecule has 1 aliphatic heterocycles. The van der Waals surface area contributed by atoms with Gasteiger partial charge in [0, 0.05) is 23.7 Å². The van der Waals surface area contributed by atoms with Gasteiger partial charge in [0.05, 0.1) is 21.0 Å². The van der Waals surface area contributed by atoms with Gasteiger partial charge in [0.2, 0.25) is 0 Å². The standard InChI is InChI=1S/C12H14Cl3NO2S/c13-10-3-4-11(14)12(15)9(10)7-16-6-8-2-1-5-19(8,17)18/h3-4,8,16H,1-2,5-7H2. The van der Waals surface area contributed by atoms with Gasteiger partial charge in [-0.1, -0.05) is 34.8 Å². The first kappa shape index (κ1) is 15.4. The molecule has 106 valence electrons. The lowest BCUT2D eigenvalue weighted by Gasteiger charge is -2.13. The monoisotopic (exact) mass is 341 g/mol. The minimum absolute atomic E-state index is 0.290. The Morgan fingerprint density at radius 3 is 2.53 bits per heavy atom. The minimum Gasteiger partial charge on any atom is -0.311 e. The fourth-order valence-electron chi connectivity index (χ4n) is 2.18. The molecule has 1 unspecified atom stereocenters. The molecule has 1 aromatic rings. The maximum Gasteiger partial charge on any atom is 0.154 e. The van der Waals surface area contributed by atoms with E-state index >= 15 is 0 Å². The van der Waals surface area contributed by atoms with Crippen LogP contribution in [0.3, 0.4) is 0 Å². The lowest BCUT2D eigenvalue weighted by Crippen LogP contribution is -2.30. The molecule has 19 heavy (non-hydrogen) atoms. The Kier molecular flexibility index (Phi) is 5.01. The summed E-state index contributed by atoms with van der Waals surface area (Å²) in [6.45, 7) is 0.825. The summed E-state index contributed by atoms with van der Waals surface area (Å²) >= 11 is 18.0. The first-order valence-electron chi connectivity index (χ1n) is 5.96. The number of benzene rings is 1. The summed E-state index contributed by atoms with van der Waals surface area (Å²) < 4.78 is 23.4. The predicted octanol–water partition coefficient (Wildman–Crippen LogP) is 3.31. The van der Waals surface area contributed by atoms with Gasteiger partial charge in [-0.15, -0.1) is 0 Å². The molecule has 0 aliphatic carbocycles. The van der Waals surface area contributed by atoms with Crippen molar-refractivity contribution in [2.45, 2.75) is 24.6 Å². The van der Waals surface area contributed by atoms with Gasteiger partial charge in [0.15, 0.2) is 9.84 Å². The molecule has 1 fully saturated rings. The molecule has 3 nitrogen and oxygen atoms in total. The van der Waals surface area contributed by atoms with Crippen LogP contribution in [0.4, 0.5) is 0 Å². The van der Waals surface area contributed by atoms with Crippen molar-refractivity contribution in [3.05, 3.63) is 32.8 Å². The van der Waals surface area contributed by atoms with Gasteiger partial charge in [0.1, 0.15) is 0 Å². The largest absolute Gasteiger partial charge is 0.311 e. The Bertz CT molecular complexity index is 575. The van der Waals surface area contributed by atoms with Crippen molar-refractivity contribution in [3.63, 3.8) is 0 Å². The SMILES string of the molecule is O=S1(=O)CCCC1CNCc1c(Cl)ccc(Cl)c1Cl. The van der Waals surface area contributed by atoms with Crippen LogP contribution in [0, 0.1) is 0 Å². The molecule has 0 saturated carbocycles. The van der Waals surface area contributed by atoms with Gasteiger partial charge in [-0.2, -0.15) is 0 Å². The van der Waals surface area contributed by atoms with Crippen LogP contribution in [-0.2, 0) is 16.4 Å². The van der Waals surface area contributed by atoms with E-state index < -0.39 is 9.84 Å². The molecule has 1 aromatic carbocycles. The molecule has 0 amide bonds. The molecule has 1 atom stereocenters. The van der Waals surface area contributed by atoms with Gasteiger partial charge in [-0.3, -0.25) is 0 Å². The second-order valence-electron chi connectivity index (χ2n) is 4.58. The van der Waals surface area contributed by atoms with Crippen molar-refractivity contribution in [1.82, 2.24) is 5.32 Å². The smallest absolute Gasteiger partial charge is 0.154 e. The third kappa shape index (κ3) is 3.56. The Morgan fingerprint density at radius 2 is 1.89 bits per heavy atom. The number of nitrogens with one attached hydrogen (secondary N) is 1. The minimum atomic E-state index is -2.92. The molecule has 0 bridgehead atoms. The third-order valence-electron chi connectivity index (χ3n) is 3.28. The van der Waals surface area contributed by atoms with Gasteiger partial charge in [-0.25, -0.2) is 8.42 Å². The van der Waals surface area contributed by atoms with E-state index in [4.69, 9.17) is 34.8 Å². The van der Waals surface area contributed by atoms with Crippen LogP contribution in [0.5, 0.6) is 0 Å². The summed E-state index contributed by atoms with van der Waals surface area (Å²) in [7, 11) is -2.92. The molecule has 1 saturated heterocycles. The average molecular weight is 343 g/mol. The second kappa shape index (κ2) is 6.19. The van der Waals surface area contributed by atoms with Crippen molar-refractivity contribution in [1.29, 1.82) is 0 Å². The summed E-state index contributed by atoms with van der Waals surface area (Å²) in [6, 6.07) is 3.32. The molecular formula is C12H14Cl3NO2S. The molecule has 0 spiro atoms. The Morgan fingerprint density at radius 1 is 1.21 bits per heavy atom. The number of hydrogen-bond donors (Lipinski definition) is 1. The topological polar surface area (TPSA) is 46.2 Å². The molecule has 1 N–H and O–H groups in total. The number of hydrogen-bond acceptors (Lipinski definition) is 3. The van der Waals surface area contributed by atoms with Crippen LogP contribution >= 0.6 is 34.8 Å². The molecule has 1 heterocycles. The van der Waals surface area contributed by atoms with Crippen LogP contribution < -0.4 is 5.32 Å². The molecular weight excluding hydrogens is 329 g/mol. The molecule has 0 aromatic heterocycles. The summed E-state index contributed by atoms with van der Waals surface area (Å²) in [5.41, 5.74) is 0.700. The van der Waals surface area contributed by atoms with Crippen molar-refractivity contribution in [2.24, 2.45) is 0 Å². The van der Waals surface area contributed by atoms with E-state index in [1.807, 2.05) is 0 Å². The molecule has 1 aliphatic rings. The summed E-state index contributed by atoms with van der Waals surface area (Å²) in [5, 5.41) is 4.18. The fourth-order valence-corrected chi connectivity index (χ4v) is 4.66. The van der Waals surface area contributed by atoms with E-state index in [1.165, 1.54) is 0 Å². The quantitative estimate of drug-likeness (QED) is 0.854. The van der Waals surface area contributed by atoms with Crippen molar-refractivity contribution >= 4 is 44.6 Å². The maximum atomic E-state index is 11.7. The third-order valence-corrected chi connectivity index (χ3v) is 6.75. The zero-order valence-corrected chi connectivity index (χ0v) is 13.2. The van der Waals surface area contributed by atoms with E-state index in [0.29, 0.717) is 40.1 Å². The summed E-state index contributed by atoms with van der Waals surface area (Å²) in [4.78, 5) is 0. The average Bonchev–Trinajstić information content (AvgIpc) is 2.68. The van der Waals surface area contributed by atoms with E-state index in [0.717, 1.165) is 6.42 Å². The first-order chi connectivity index (χ1) is 8.92. The van der Waals surface area contributed by atoms with E-state index in [9.17, 15) is 8.42 Å². The van der Waals surface area contributed by atoms with Gasteiger partial charge in [0.25, 0.3) is 0 Å². The number of sulfone groups is 1. The lowest BCUT2D eigenvalue weighted by atomic mass is 10.2. The number of halogens is 3. The molecule has 7 heteroatoms.